The molecular formula is C25H24N2O3. The lowest BCUT2D eigenvalue weighted by Crippen LogP contribution is -2.12. The highest BCUT2D eigenvalue weighted by Crippen LogP contribution is 2.19. The Bertz CT molecular complexity index is 1050. The number of carbonyl (C=O) groups is 1. The van der Waals surface area contributed by atoms with Gasteiger partial charge in [-0.25, -0.2) is 0 Å². The first-order valence-corrected chi connectivity index (χ1v) is 9.78. The quantitative estimate of drug-likeness (QED) is 0.556. The van der Waals surface area contributed by atoms with Crippen LogP contribution >= 0.6 is 0 Å². The summed E-state index contributed by atoms with van der Waals surface area (Å²) in [6.07, 6.45) is 0.145. The Morgan fingerprint density at radius 2 is 1.80 bits per heavy atom. The molecule has 3 aromatic carbocycles. The summed E-state index contributed by atoms with van der Waals surface area (Å²) in [5.41, 5.74) is 3.57. The zero-order chi connectivity index (χ0) is 21.3. The molecule has 0 bridgehead atoms. The van der Waals surface area contributed by atoms with E-state index in [4.69, 9.17) is 9.47 Å². The van der Waals surface area contributed by atoms with Gasteiger partial charge in [0.05, 0.1) is 24.3 Å². The number of nitrogens with one attached hydrogen (secondary N) is 1. The highest BCUT2D eigenvalue weighted by Gasteiger charge is 2.09. The molecule has 1 N–H and O–H groups in total. The topological polar surface area (TPSA) is 71.3 Å². The van der Waals surface area contributed by atoms with E-state index >= 15 is 0 Å². The number of nitrogens with zero attached hydrogens (tertiary/aromatic N) is 1. The van der Waals surface area contributed by atoms with Gasteiger partial charge in [-0.2, -0.15) is 5.26 Å². The summed E-state index contributed by atoms with van der Waals surface area (Å²) >= 11 is 0. The first kappa shape index (κ1) is 21.1. The normalized spacial score (nSPS) is 10.5. The van der Waals surface area contributed by atoms with E-state index in [-0.39, 0.29) is 18.6 Å². The number of anilines is 1. The van der Waals surface area contributed by atoms with Crippen molar-refractivity contribution in [2.45, 2.75) is 33.2 Å². The lowest BCUT2D eigenvalue weighted by atomic mass is 10.1. The van der Waals surface area contributed by atoms with E-state index in [1.54, 1.807) is 30.3 Å². The molecule has 3 rings (SSSR count). The van der Waals surface area contributed by atoms with Gasteiger partial charge in [-0.15, -0.1) is 0 Å². The summed E-state index contributed by atoms with van der Waals surface area (Å²) in [4.78, 5) is 12.7. The third-order valence-electron chi connectivity index (χ3n) is 4.40. The molecule has 5 heteroatoms. The fraction of sp³-hybridized carbons (Fsp3) is 0.200. The van der Waals surface area contributed by atoms with E-state index in [1.165, 1.54) is 0 Å². The second kappa shape index (κ2) is 10.2. The molecule has 30 heavy (non-hydrogen) atoms. The lowest BCUT2D eigenvalue weighted by molar-refractivity contribution is 0.0657. The summed E-state index contributed by atoms with van der Waals surface area (Å²) in [7, 11) is 0. The van der Waals surface area contributed by atoms with Gasteiger partial charge in [-0.1, -0.05) is 36.4 Å². The molecular weight excluding hydrogens is 376 g/mol. The largest absolute Gasteiger partial charge is 0.489 e. The van der Waals surface area contributed by atoms with Crippen molar-refractivity contribution in [1.29, 1.82) is 5.26 Å². The van der Waals surface area contributed by atoms with Crippen LogP contribution in [-0.4, -0.2) is 12.0 Å². The molecule has 0 unspecified atom stereocenters. The summed E-state index contributed by atoms with van der Waals surface area (Å²) in [6.45, 7) is 4.72. The smallest absolute Gasteiger partial charge is 0.255 e. The Morgan fingerprint density at radius 3 is 2.60 bits per heavy atom. The van der Waals surface area contributed by atoms with Crippen molar-refractivity contribution in [3.63, 3.8) is 0 Å². The van der Waals surface area contributed by atoms with Gasteiger partial charge in [0.15, 0.2) is 0 Å². The fourth-order valence-corrected chi connectivity index (χ4v) is 2.85. The summed E-state index contributed by atoms with van der Waals surface area (Å²) in [5, 5.41) is 12.1. The van der Waals surface area contributed by atoms with Crippen LogP contribution in [-0.2, 0) is 18.0 Å². The Balaban J connectivity index is 1.65. The zero-order valence-electron chi connectivity index (χ0n) is 17.1. The zero-order valence-corrected chi connectivity index (χ0v) is 17.1. The lowest BCUT2D eigenvalue weighted by Gasteiger charge is -2.11. The highest BCUT2D eigenvalue weighted by atomic mass is 16.5. The fourth-order valence-electron chi connectivity index (χ4n) is 2.85. The Labute approximate surface area is 176 Å². The Hall–Kier alpha value is -3.62. The number of carbonyl (C=O) groups excluding carboxylic acids is 1. The van der Waals surface area contributed by atoms with Crippen LogP contribution in [0, 0.1) is 11.3 Å². The average molecular weight is 400 g/mol. The highest BCUT2D eigenvalue weighted by molar-refractivity contribution is 6.04. The van der Waals surface area contributed by atoms with Crippen molar-refractivity contribution in [1.82, 2.24) is 0 Å². The van der Waals surface area contributed by atoms with E-state index in [9.17, 15) is 10.1 Å². The molecule has 0 saturated carbocycles. The number of hydrogen-bond acceptors (Lipinski definition) is 4. The molecule has 152 valence electrons. The summed E-state index contributed by atoms with van der Waals surface area (Å²) < 4.78 is 11.4. The van der Waals surface area contributed by atoms with Crippen molar-refractivity contribution < 1.29 is 14.3 Å². The van der Waals surface area contributed by atoms with Crippen LogP contribution < -0.4 is 10.1 Å². The molecule has 0 saturated heterocycles. The second-order valence-electron chi connectivity index (χ2n) is 7.10. The van der Waals surface area contributed by atoms with Crippen LogP contribution in [0.4, 0.5) is 5.69 Å². The van der Waals surface area contributed by atoms with Crippen LogP contribution in [0.25, 0.3) is 0 Å². The van der Waals surface area contributed by atoms with Gasteiger partial charge in [0.2, 0.25) is 0 Å². The molecule has 0 spiro atoms. The van der Waals surface area contributed by atoms with Crippen molar-refractivity contribution >= 4 is 11.6 Å². The summed E-state index contributed by atoms with van der Waals surface area (Å²) in [6, 6.07) is 24.0. The molecule has 0 aliphatic carbocycles. The number of benzene rings is 3. The minimum Gasteiger partial charge on any atom is -0.489 e. The minimum absolute atomic E-state index is 0.145. The van der Waals surface area contributed by atoms with Gasteiger partial charge >= 0.3 is 0 Å². The van der Waals surface area contributed by atoms with Gasteiger partial charge in [0.25, 0.3) is 5.91 Å². The van der Waals surface area contributed by atoms with Crippen molar-refractivity contribution in [3.05, 3.63) is 95.1 Å². The van der Waals surface area contributed by atoms with Crippen LogP contribution in [0.1, 0.15) is 40.9 Å². The van der Waals surface area contributed by atoms with Crippen LogP contribution in [0.5, 0.6) is 5.75 Å². The van der Waals surface area contributed by atoms with Gasteiger partial charge < -0.3 is 14.8 Å². The number of ether oxygens (including phenoxy) is 2. The predicted octanol–water partition coefficient (Wildman–Crippen LogP) is 5.31. The molecule has 0 aromatic heterocycles. The van der Waals surface area contributed by atoms with Crippen molar-refractivity contribution in [3.8, 4) is 11.8 Å². The number of hydrogen-bond donors (Lipinski definition) is 1. The number of rotatable bonds is 8. The van der Waals surface area contributed by atoms with Crippen molar-refractivity contribution in [2.75, 3.05) is 5.32 Å². The standard InChI is InChI=1S/C25H24N2O3/c1-18(2)29-16-19-7-5-11-23(13-19)27-25(28)20-10-6-12-24(14-20)30-17-22-9-4-3-8-21(22)15-26/h3-14,18H,16-17H2,1-2H3,(H,27,28). The van der Waals surface area contributed by atoms with E-state index in [2.05, 4.69) is 11.4 Å². The molecule has 0 aliphatic heterocycles. The van der Waals surface area contributed by atoms with Crippen LogP contribution in [0.2, 0.25) is 0 Å². The maximum atomic E-state index is 12.7. The Kier molecular flexibility index (Phi) is 7.20. The van der Waals surface area contributed by atoms with E-state index in [0.717, 1.165) is 11.1 Å². The predicted molar refractivity (Wildman–Crippen MR) is 116 cm³/mol. The van der Waals surface area contributed by atoms with Gasteiger partial charge in [0.1, 0.15) is 12.4 Å². The van der Waals surface area contributed by atoms with Gasteiger partial charge in [-0.3, -0.25) is 4.79 Å². The molecule has 0 atom stereocenters. The molecule has 0 aliphatic rings. The molecule has 5 nitrogen and oxygen atoms in total. The SMILES string of the molecule is CC(C)OCc1cccc(NC(=O)c2cccc(OCc3ccccc3C#N)c2)c1. The van der Waals surface area contributed by atoms with Crippen LogP contribution in [0.15, 0.2) is 72.8 Å². The third kappa shape index (κ3) is 5.94. The maximum absolute atomic E-state index is 12.7. The molecule has 1 amide bonds. The average Bonchev–Trinajstić information content (AvgIpc) is 2.77. The number of nitriles is 1. The second-order valence-corrected chi connectivity index (χ2v) is 7.10. The summed E-state index contributed by atoms with van der Waals surface area (Å²) in [5.74, 6) is 0.342. The molecule has 3 aromatic rings. The van der Waals surface area contributed by atoms with E-state index in [1.807, 2.05) is 56.3 Å². The van der Waals surface area contributed by atoms with Crippen LogP contribution in [0.3, 0.4) is 0 Å². The minimum atomic E-state index is -0.222. The van der Waals surface area contributed by atoms with Crippen molar-refractivity contribution in [2.24, 2.45) is 0 Å². The van der Waals surface area contributed by atoms with Gasteiger partial charge in [-0.05, 0) is 55.8 Å². The molecule has 0 heterocycles. The van der Waals surface area contributed by atoms with Gasteiger partial charge in [0, 0.05) is 16.8 Å². The first-order valence-electron chi connectivity index (χ1n) is 9.78. The maximum Gasteiger partial charge on any atom is 0.255 e. The monoisotopic (exact) mass is 400 g/mol. The molecule has 0 radical (unpaired) electrons. The van der Waals surface area contributed by atoms with E-state index < -0.39 is 0 Å². The molecule has 0 fully saturated rings. The Morgan fingerprint density at radius 1 is 1.00 bits per heavy atom. The third-order valence-corrected chi connectivity index (χ3v) is 4.40. The first-order chi connectivity index (χ1) is 14.5. The number of amides is 1. The van der Waals surface area contributed by atoms with E-state index in [0.29, 0.717) is 29.2 Å².